The predicted molar refractivity (Wildman–Crippen MR) is 113 cm³/mol. The first-order chi connectivity index (χ1) is 14.0. The van der Waals surface area contributed by atoms with Gasteiger partial charge in [0.25, 0.3) is 0 Å². The van der Waals surface area contributed by atoms with E-state index < -0.39 is 0 Å². The first kappa shape index (κ1) is 20.9. The van der Waals surface area contributed by atoms with Crippen LogP contribution in [0, 0.1) is 6.92 Å². The van der Waals surface area contributed by atoms with Crippen LogP contribution in [0.1, 0.15) is 32.0 Å². The number of aromatic nitrogens is 1. The number of nitrogens with zero attached hydrogens (tertiary/aromatic N) is 4. The fourth-order valence-electron chi connectivity index (χ4n) is 3.40. The van der Waals surface area contributed by atoms with Crippen molar-refractivity contribution in [2.45, 2.75) is 33.7 Å². The summed E-state index contributed by atoms with van der Waals surface area (Å²) >= 11 is 0. The van der Waals surface area contributed by atoms with E-state index in [4.69, 9.17) is 9.47 Å². The smallest absolute Gasteiger partial charge is 0.230 e. The summed E-state index contributed by atoms with van der Waals surface area (Å²) in [6, 6.07) is 11.7. The number of oxime groups is 1. The van der Waals surface area contributed by atoms with Gasteiger partial charge in [0, 0.05) is 37.9 Å². The van der Waals surface area contributed by atoms with E-state index in [1.54, 1.807) is 0 Å². The number of hydrogen-bond donors (Lipinski definition) is 1. The zero-order valence-corrected chi connectivity index (χ0v) is 17.6. The maximum Gasteiger partial charge on any atom is 0.230 e. The van der Waals surface area contributed by atoms with E-state index >= 15 is 0 Å². The molecule has 2 heterocycles. The Kier molecular flexibility index (Phi) is 6.93. The minimum atomic E-state index is 0.424. The summed E-state index contributed by atoms with van der Waals surface area (Å²) in [6.45, 7) is 12.3. The van der Waals surface area contributed by atoms with E-state index in [9.17, 15) is 5.21 Å². The number of benzene rings is 1. The van der Waals surface area contributed by atoms with Gasteiger partial charge in [0.2, 0.25) is 5.88 Å². The Bertz CT molecular complexity index is 828. The molecule has 0 amide bonds. The zero-order chi connectivity index (χ0) is 20.8. The molecule has 1 aliphatic heterocycles. The second kappa shape index (κ2) is 9.60. The van der Waals surface area contributed by atoms with Gasteiger partial charge >= 0.3 is 0 Å². The number of hydrogen-bond acceptors (Lipinski definition) is 6. The van der Waals surface area contributed by atoms with Crippen molar-refractivity contribution >= 4 is 5.84 Å². The first-order valence-corrected chi connectivity index (χ1v) is 10.1. The van der Waals surface area contributed by atoms with Crippen molar-refractivity contribution < 1.29 is 14.7 Å². The van der Waals surface area contributed by atoms with Gasteiger partial charge in [-0.25, -0.2) is 4.98 Å². The predicted octanol–water partition coefficient (Wildman–Crippen LogP) is 3.74. The number of pyridine rings is 1. The third-order valence-electron chi connectivity index (χ3n) is 5.03. The summed E-state index contributed by atoms with van der Waals surface area (Å²) in [7, 11) is 0. The molecule has 0 radical (unpaired) electrons. The molecule has 0 aliphatic carbocycles. The Morgan fingerprint density at radius 2 is 1.72 bits per heavy atom. The van der Waals surface area contributed by atoms with E-state index in [1.165, 1.54) is 0 Å². The van der Waals surface area contributed by atoms with Gasteiger partial charge in [0.05, 0.1) is 12.2 Å². The van der Waals surface area contributed by atoms with Crippen LogP contribution in [0.2, 0.25) is 0 Å². The molecule has 1 aliphatic rings. The molecule has 1 fully saturated rings. The Morgan fingerprint density at radius 1 is 1.07 bits per heavy atom. The Labute approximate surface area is 172 Å². The lowest BCUT2D eigenvalue weighted by molar-refractivity contribution is 0.146. The van der Waals surface area contributed by atoms with Crippen LogP contribution in [-0.2, 0) is 0 Å². The third-order valence-corrected chi connectivity index (χ3v) is 5.03. The molecule has 0 unspecified atom stereocenters. The molecule has 3 rings (SSSR count). The van der Waals surface area contributed by atoms with Crippen LogP contribution >= 0.6 is 0 Å². The highest BCUT2D eigenvalue weighted by atomic mass is 16.5. The van der Waals surface area contributed by atoms with E-state index in [2.05, 4.69) is 33.8 Å². The normalized spacial score (nSPS) is 15.6. The van der Waals surface area contributed by atoms with Gasteiger partial charge in [-0.05, 0) is 64.1 Å². The highest BCUT2D eigenvalue weighted by molar-refractivity contribution is 6.00. The summed E-state index contributed by atoms with van der Waals surface area (Å²) in [5, 5.41) is 13.4. The monoisotopic (exact) mass is 398 g/mol. The number of amidine groups is 1. The van der Waals surface area contributed by atoms with Crippen molar-refractivity contribution in [2.75, 3.05) is 32.8 Å². The molecule has 7 nitrogen and oxygen atoms in total. The fourth-order valence-corrected chi connectivity index (χ4v) is 3.40. The minimum absolute atomic E-state index is 0.424. The molecule has 29 heavy (non-hydrogen) atoms. The van der Waals surface area contributed by atoms with Crippen LogP contribution < -0.4 is 9.47 Å². The van der Waals surface area contributed by atoms with Crippen LogP contribution in [0.3, 0.4) is 0 Å². The quantitative estimate of drug-likeness (QED) is 0.346. The molecule has 7 heteroatoms. The summed E-state index contributed by atoms with van der Waals surface area (Å²) in [5.74, 6) is 2.35. The summed E-state index contributed by atoms with van der Waals surface area (Å²) < 4.78 is 11.5. The van der Waals surface area contributed by atoms with Crippen molar-refractivity contribution in [3.63, 3.8) is 0 Å². The molecule has 0 bridgehead atoms. The molecule has 1 aromatic heterocycles. The zero-order valence-electron chi connectivity index (χ0n) is 17.6. The topological polar surface area (TPSA) is 70.4 Å². The molecule has 1 aromatic carbocycles. The molecule has 1 saturated heterocycles. The van der Waals surface area contributed by atoms with Gasteiger partial charge in [0.15, 0.2) is 5.84 Å². The molecule has 0 atom stereocenters. The van der Waals surface area contributed by atoms with Crippen LogP contribution in [0.5, 0.6) is 17.4 Å². The highest BCUT2D eigenvalue weighted by Gasteiger charge is 2.25. The van der Waals surface area contributed by atoms with E-state index in [0.717, 1.165) is 37.6 Å². The lowest BCUT2D eigenvalue weighted by atomic mass is 10.1. The number of rotatable bonds is 6. The van der Waals surface area contributed by atoms with Crippen molar-refractivity contribution in [3.8, 4) is 17.4 Å². The number of piperazine rings is 1. The molecule has 0 spiro atoms. The average molecular weight is 399 g/mol. The van der Waals surface area contributed by atoms with Crippen LogP contribution in [0.25, 0.3) is 0 Å². The first-order valence-electron chi connectivity index (χ1n) is 10.1. The van der Waals surface area contributed by atoms with Gasteiger partial charge in [0.1, 0.15) is 11.5 Å². The highest BCUT2D eigenvalue weighted by Crippen LogP contribution is 2.27. The van der Waals surface area contributed by atoms with Gasteiger partial charge in [-0.15, -0.1) is 0 Å². The standard InChI is InChI=1S/C22H30N4O3/c1-5-28-18-7-9-19(10-8-18)29-22-20(11-6-17(4)23-22)21(24-27)26-14-12-25(13-15-26)16(2)3/h6-11,16,27H,5,12-15H2,1-4H3/b24-21-. The molecule has 0 saturated carbocycles. The second-order valence-corrected chi connectivity index (χ2v) is 7.35. The molecule has 156 valence electrons. The summed E-state index contributed by atoms with van der Waals surface area (Å²) in [5.41, 5.74) is 1.50. The number of aryl methyl sites for hydroxylation is 1. The van der Waals surface area contributed by atoms with Crippen molar-refractivity contribution in [1.82, 2.24) is 14.8 Å². The van der Waals surface area contributed by atoms with Gasteiger partial charge in [-0.2, -0.15) is 0 Å². The molecule has 2 aromatic rings. The van der Waals surface area contributed by atoms with Crippen LogP contribution in [-0.4, -0.2) is 64.7 Å². The average Bonchev–Trinajstić information content (AvgIpc) is 2.72. The van der Waals surface area contributed by atoms with Gasteiger partial charge in [-0.3, -0.25) is 4.90 Å². The Morgan fingerprint density at radius 3 is 2.31 bits per heavy atom. The van der Waals surface area contributed by atoms with Crippen molar-refractivity contribution in [3.05, 3.63) is 47.7 Å². The Hall–Kier alpha value is -2.80. The van der Waals surface area contributed by atoms with E-state index in [1.807, 2.05) is 50.2 Å². The van der Waals surface area contributed by atoms with Crippen molar-refractivity contribution in [1.29, 1.82) is 0 Å². The summed E-state index contributed by atoms with van der Waals surface area (Å²) in [6.07, 6.45) is 0. The lowest BCUT2D eigenvalue weighted by Gasteiger charge is -2.38. The van der Waals surface area contributed by atoms with Gasteiger partial charge < -0.3 is 19.6 Å². The maximum absolute atomic E-state index is 9.79. The Balaban J connectivity index is 1.82. The minimum Gasteiger partial charge on any atom is -0.494 e. The number of ether oxygens (including phenoxy) is 2. The van der Waals surface area contributed by atoms with E-state index in [0.29, 0.717) is 35.7 Å². The second-order valence-electron chi connectivity index (χ2n) is 7.35. The molecule has 1 N–H and O–H groups in total. The maximum atomic E-state index is 9.79. The summed E-state index contributed by atoms with van der Waals surface area (Å²) in [4.78, 5) is 9.04. The van der Waals surface area contributed by atoms with Crippen LogP contribution in [0.4, 0.5) is 0 Å². The van der Waals surface area contributed by atoms with Crippen LogP contribution in [0.15, 0.2) is 41.6 Å². The SMILES string of the molecule is CCOc1ccc(Oc2nc(C)ccc2/C(=N/O)N2CCN(C(C)C)CC2)cc1. The lowest BCUT2D eigenvalue weighted by Crippen LogP contribution is -2.51. The third kappa shape index (κ3) is 5.17. The fraction of sp³-hybridized carbons (Fsp3) is 0.455. The molecular weight excluding hydrogens is 368 g/mol. The molecular formula is C22H30N4O3. The van der Waals surface area contributed by atoms with Gasteiger partial charge in [-0.1, -0.05) is 5.16 Å². The largest absolute Gasteiger partial charge is 0.494 e. The van der Waals surface area contributed by atoms with E-state index in [-0.39, 0.29) is 0 Å². The van der Waals surface area contributed by atoms with Crippen molar-refractivity contribution in [2.24, 2.45) is 5.16 Å².